The normalized spacial score (nSPS) is 14.1. The summed E-state index contributed by atoms with van der Waals surface area (Å²) in [6, 6.07) is 84.9. The van der Waals surface area contributed by atoms with Gasteiger partial charge in [-0.2, -0.15) is 0 Å². The van der Waals surface area contributed by atoms with Crippen LogP contribution in [-0.2, 0) is 10.8 Å². The molecule has 58 heavy (non-hydrogen) atoms. The van der Waals surface area contributed by atoms with Gasteiger partial charge >= 0.3 is 0 Å². The van der Waals surface area contributed by atoms with Crippen LogP contribution in [0.3, 0.4) is 0 Å². The molecule has 0 aromatic heterocycles. The van der Waals surface area contributed by atoms with Crippen molar-refractivity contribution in [3.63, 3.8) is 0 Å². The van der Waals surface area contributed by atoms with E-state index in [2.05, 4.69) is 236 Å². The van der Waals surface area contributed by atoms with Gasteiger partial charge in [-0.05, 0) is 91.0 Å². The number of anilines is 2. The van der Waals surface area contributed by atoms with Gasteiger partial charge in [-0.3, -0.25) is 0 Å². The molecule has 1 N–H and O–H groups in total. The highest BCUT2D eigenvalue weighted by Gasteiger charge is 2.55. The van der Waals surface area contributed by atoms with E-state index in [0.29, 0.717) is 0 Å². The molecule has 0 bridgehead atoms. The van der Waals surface area contributed by atoms with Crippen LogP contribution >= 0.6 is 11.8 Å². The Labute approximate surface area is 344 Å². The van der Waals surface area contributed by atoms with Gasteiger partial charge < -0.3 is 5.32 Å². The molecule has 11 rings (SSSR count). The first kappa shape index (κ1) is 34.4. The smallest absolute Gasteiger partial charge is 0.0730 e. The second-order valence-electron chi connectivity index (χ2n) is 15.2. The van der Waals surface area contributed by atoms with Gasteiger partial charge in [-0.25, -0.2) is 0 Å². The van der Waals surface area contributed by atoms with E-state index in [1.165, 1.54) is 76.6 Å². The number of hydrogen-bond donors (Lipinski definition) is 1. The highest BCUT2D eigenvalue weighted by atomic mass is 32.2. The summed E-state index contributed by atoms with van der Waals surface area (Å²) in [6.07, 6.45) is 0. The molecule has 0 atom stereocenters. The molecule has 1 spiro atoms. The lowest BCUT2D eigenvalue weighted by Crippen LogP contribution is -2.46. The van der Waals surface area contributed by atoms with Crippen molar-refractivity contribution in [3.8, 4) is 22.3 Å². The minimum atomic E-state index is -0.565. The quantitative estimate of drug-likeness (QED) is 0.181. The summed E-state index contributed by atoms with van der Waals surface area (Å²) >= 11 is 1.87. The lowest BCUT2D eigenvalue weighted by atomic mass is 9.50. The van der Waals surface area contributed by atoms with E-state index in [1.54, 1.807) is 0 Å². The molecule has 1 heterocycles. The van der Waals surface area contributed by atoms with Crippen LogP contribution in [0.2, 0.25) is 0 Å². The molecule has 0 saturated carbocycles. The van der Waals surface area contributed by atoms with Gasteiger partial charge in [0, 0.05) is 15.5 Å². The molecular weight excluding hydrogens is 719 g/mol. The summed E-state index contributed by atoms with van der Waals surface area (Å²) in [5.74, 6) is 0. The third kappa shape index (κ3) is 5.19. The number of fused-ring (bicyclic) bond motifs is 8. The van der Waals surface area contributed by atoms with Crippen molar-refractivity contribution in [1.29, 1.82) is 0 Å². The Bertz CT molecular complexity index is 2830. The number of hydrogen-bond acceptors (Lipinski definition) is 2. The van der Waals surface area contributed by atoms with E-state index >= 15 is 0 Å². The van der Waals surface area contributed by atoms with Crippen LogP contribution in [-0.4, -0.2) is 0 Å². The fourth-order valence-electron chi connectivity index (χ4n) is 9.86. The summed E-state index contributed by atoms with van der Waals surface area (Å²) in [7, 11) is 0. The van der Waals surface area contributed by atoms with Crippen molar-refractivity contribution in [2.75, 3.05) is 5.32 Å². The zero-order valence-corrected chi connectivity index (χ0v) is 32.7. The average Bonchev–Trinajstić information content (AvgIpc) is 3.30. The van der Waals surface area contributed by atoms with E-state index in [4.69, 9.17) is 0 Å². The van der Waals surface area contributed by atoms with Gasteiger partial charge in [0.1, 0.15) is 0 Å². The van der Waals surface area contributed by atoms with E-state index in [0.717, 1.165) is 11.4 Å². The first-order valence-electron chi connectivity index (χ1n) is 20.0. The topological polar surface area (TPSA) is 12.0 Å². The van der Waals surface area contributed by atoms with Crippen molar-refractivity contribution < 1.29 is 0 Å². The highest BCUT2D eigenvalue weighted by molar-refractivity contribution is 7.99. The van der Waals surface area contributed by atoms with E-state index in [1.807, 2.05) is 11.8 Å². The third-order valence-electron chi connectivity index (χ3n) is 12.3. The summed E-state index contributed by atoms with van der Waals surface area (Å²) in [5, 5.41) is 3.89. The van der Waals surface area contributed by atoms with Crippen LogP contribution in [0.4, 0.5) is 11.4 Å². The molecule has 0 fully saturated rings. The van der Waals surface area contributed by atoms with Crippen molar-refractivity contribution in [1.82, 2.24) is 0 Å². The molecule has 2 aliphatic rings. The molecule has 0 radical (unpaired) electrons. The predicted octanol–water partition coefficient (Wildman–Crippen LogP) is 14.3. The molecule has 9 aromatic carbocycles. The Morgan fingerprint density at radius 1 is 0.293 bits per heavy atom. The highest BCUT2D eigenvalue weighted by Crippen LogP contribution is 2.64. The van der Waals surface area contributed by atoms with Crippen LogP contribution in [0.1, 0.15) is 44.5 Å². The van der Waals surface area contributed by atoms with Gasteiger partial charge in [-0.15, -0.1) is 0 Å². The molecule has 0 saturated heterocycles. The molecular formula is C56H39NS. The van der Waals surface area contributed by atoms with Crippen molar-refractivity contribution in [2.45, 2.75) is 20.6 Å². The lowest BCUT2D eigenvalue weighted by molar-refractivity contribution is 0.599. The van der Waals surface area contributed by atoms with Crippen molar-refractivity contribution >= 4 is 23.1 Å². The maximum absolute atomic E-state index is 3.89. The largest absolute Gasteiger partial charge is 0.355 e. The molecule has 1 nitrogen and oxygen atoms in total. The summed E-state index contributed by atoms with van der Waals surface area (Å²) in [6.45, 7) is 0. The summed E-state index contributed by atoms with van der Waals surface area (Å²) in [4.78, 5) is 2.52. The van der Waals surface area contributed by atoms with Crippen molar-refractivity contribution in [2.24, 2.45) is 0 Å². The average molecular weight is 758 g/mol. The SMILES string of the molecule is c1ccc(-c2ccc(-c3ccc(Nc4cccc5c4Sc4ccccc4C54c5ccccc5C(c5ccccc5)(c5ccccc5)c5ccccc54)cc3)cc2)cc1. The monoisotopic (exact) mass is 757 g/mol. The fourth-order valence-corrected chi connectivity index (χ4v) is 11.1. The molecule has 1 aliphatic heterocycles. The van der Waals surface area contributed by atoms with Gasteiger partial charge in [0.15, 0.2) is 0 Å². The lowest BCUT2D eigenvalue weighted by Gasteiger charge is -2.52. The Hall–Kier alpha value is -6.87. The Morgan fingerprint density at radius 2 is 0.690 bits per heavy atom. The molecule has 274 valence electrons. The second kappa shape index (κ2) is 14.0. The third-order valence-corrected chi connectivity index (χ3v) is 13.5. The van der Waals surface area contributed by atoms with Crippen molar-refractivity contribution in [3.05, 3.63) is 275 Å². The van der Waals surface area contributed by atoms with Crippen LogP contribution in [0.25, 0.3) is 22.3 Å². The minimum Gasteiger partial charge on any atom is -0.355 e. The molecule has 9 aromatic rings. The minimum absolute atomic E-state index is 0.528. The van der Waals surface area contributed by atoms with Gasteiger partial charge in [0.25, 0.3) is 0 Å². The zero-order valence-electron chi connectivity index (χ0n) is 31.8. The maximum atomic E-state index is 3.89. The van der Waals surface area contributed by atoms with Gasteiger partial charge in [-0.1, -0.05) is 218 Å². The van der Waals surface area contributed by atoms with E-state index in [9.17, 15) is 0 Å². The number of nitrogens with one attached hydrogen (secondary N) is 1. The van der Waals surface area contributed by atoms with Crippen LogP contribution in [0.15, 0.2) is 240 Å². The number of rotatable bonds is 6. The molecule has 0 amide bonds. The fraction of sp³-hybridized carbons (Fsp3) is 0.0357. The number of benzene rings is 9. The van der Waals surface area contributed by atoms with E-state index < -0.39 is 10.8 Å². The first-order valence-corrected chi connectivity index (χ1v) is 20.8. The van der Waals surface area contributed by atoms with Gasteiger partial charge in [0.2, 0.25) is 0 Å². The van der Waals surface area contributed by atoms with Crippen LogP contribution in [0, 0.1) is 0 Å². The second-order valence-corrected chi connectivity index (χ2v) is 16.3. The van der Waals surface area contributed by atoms with Crippen LogP contribution in [0.5, 0.6) is 0 Å². The molecule has 0 unspecified atom stereocenters. The summed E-state index contributed by atoms with van der Waals surface area (Å²) in [5.41, 5.74) is 16.3. The van der Waals surface area contributed by atoms with E-state index in [-0.39, 0.29) is 0 Å². The molecule has 1 aliphatic carbocycles. The Balaban J connectivity index is 1.08. The molecule has 2 heteroatoms. The zero-order chi connectivity index (χ0) is 38.5. The Kier molecular flexibility index (Phi) is 8.27. The summed E-state index contributed by atoms with van der Waals surface area (Å²) < 4.78 is 0. The Morgan fingerprint density at radius 3 is 1.22 bits per heavy atom. The van der Waals surface area contributed by atoms with Crippen LogP contribution < -0.4 is 5.32 Å². The van der Waals surface area contributed by atoms with Gasteiger partial charge in [0.05, 0.1) is 16.5 Å². The first-order chi connectivity index (χ1) is 28.8. The standard InChI is InChI=1S/C56H39NS/c1-4-17-39(18-5-1)40-31-33-41(34-32-40)42-35-37-45(38-36-42)57-52-29-16-28-51-54(52)58-53-30-15-14-27-50(53)56(51)48-25-12-10-23-46(48)55(43-19-6-2-7-20-43,44-21-8-3-9-22-44)47-24-11-13-26-49(47)56/h1-38,57H. The predicted molar refractivity (Wildman–Crippen MR) is 241 cm³/mol. The maximum Gasteiger partial charge on any atom is 0.0730 e.